The van der Waals surface area contributed by atoms with E-state index in [1.165, 1.54) is 0 Å². The van der Waals surface area contributed by atoms with Gasteiger partial charge in [0, 0.05) is 18.7 Å². The Labute approximate surface area is 180 Å². The molecular formula is C23H25N3O5. The molecular weight excluding hydrogens is 398 g/mol. The predicted molar refractivity (Wildman–Crippen MR) is 114 cm³/mol. The summed E-state index contributed by atoms with van der Waals surface area (Å²) in [5, 5.41) is 16.8. The summed E-state index contributed by atoms with van der Waals surface area (Å²) in [4.78, 5) is 48.1. The van der Waals surface area contributed by atoms with Crippen molar-refractivity contribution in [1.82, 2.24) is 10.6 Å². The van der Waals surface area contributed by atoms with Gasteiger partial charge >= 0.3 is 11.8 Å². The molecule has 1 heterocycles. The highest BCUT2D eigenvalue weighted by Gasteiger charge is 2.42. The Balaban J connectivity index is 1.55. The van der Waals surface area contributed by atoms with Crippen molar-refractivity contribution >= 4 is 29.3 Å². The van der Waals surface area contributed by atoms with E-state index in [4.69, 9.17) is 0 Å². The Morgan fingerprint density at radius 2 is 1.71 bits per heavy atom. The van der Waals surface area contributed by atoms with Crippen LogP contribution in [-0.4, -0.2) is 35.3 Å². The van der Waals surface area contributed by atoms with E-state index in [9.17, 15) is 24.3 Å². The summed E-state index contributed by atoms with van der Waals surface area (Å²) in [7, 11) is 0. The van der Waals surface area contributed by atoms with Gasteiger partial charge in [0.05, 0.1) is 5.41 Å². The van der Waals surface area contributed by atoms with Gasteiger partial charge in [0.2, 0.25) is 11.8 Å². The summed E-state index contributed by atoms with van der Waals surface area (Å²) in [6.45, 7) is 2.18. The van der Waals surface area contributed by atoms with E-state index in [1.54, 1.807) is 48.5 Å². The number of piperidine rings is 1. The molecule has 2 aromatic carbocycles. The molecule has 3 rings (SSSR count). The summed E-state index contributed by atoms with van der Waals surface area (Å²) in [5.41, 5.74) is 1.34. The number of hydrogen-bond acceptors (Lipinski definition) is 5. The molecule has 0 aliphatic carbocycles. The number of rotatable bonds is 6. The van der Waals surface area contributed by atoms with Crippen LogP contribution in [0.25, 0.3) is 0 Å². The number of benzene rings is 2. The van der Waals surface area contributed by atoms with Crippen LogP contribution in [0.15, 0.2) is 48.5 Å². The standard InChI is InChI=1S/C23H25N3O5/c1-2-23(13-11-19(28)26-22(23)31)16-5-7-17(8-6-16)25-21(30)20(29)24-14-12-15-3-9-18(27)10-4-15/h3-10,27H,2,11-14H2,1H3,(H,24,29)(H,25,30)(H,26,28,31)/t23-/m1/s1. The highest BCUT2D eigenvalue weighted by molar-refractivity contribution is 6.39. The zero-order valence-electron chi connectivity index (χ0n) is 17.2. The summed E-state index contributed by atoms with van der Waals surface area (Å²) >= 11 is 0. The third-order valence-electron chi connectivity index (χ3n) is 5.61. The number of carbonyl (C=O) groups is 4. The molecule has 1 atom stereocenters. The molecule has 1 aliphatic rings. The zero-order valence-corrected chi connectivity index (χ0v) is 17.2. The molecule has 0 unspecified atom stereocenters. The lowest BCUT2D eigenvalue weighted by Crippen LogP contribution is -2.51. The Kier molecular flexibility index (Phi) is 6.69. The molecule has 0 bridgehead atoms. The number of anilines is 1. The number of nitrogens with one attached hydrogen (secondary N) is 3. The molecule has 4 amide bonds. The minimum atomic E-state index is -0.787. The number of phenols is 1. The summed E-state index contributed by atoms with van der Waals surface area (Å²) < 4.78 is 0. The lowest BCUT2D eigenvalue weighted by Gasteiger charge is -2.35. The fraction of sp³-hybridized carbons (Fsp3) is 0.304. The van der Waals surface area contributed by atoms with Gasteiger partial charge in [-0.25, -0.2) is 0 Å². The van der Waals surface area contributed by atoms with Crippen LogP contribution in [0, 0.1) is 0 Å². The molecule has 0 aromatic heterocycles. The molecule has 2 aromatic rings. The molecule has 31 heavy (non-hydrogen) atoms. The van der Waals surface area contributed by atoms with Gasteiger partial charge in [-0.3, -0.25) is 24.5 Å². The van der Waals surface area contributed by atoms with Crippen LogP contribution in [0.3, 0.4) is 0 Å². The molecule has 162 valence electrons. The SMILES string of the molecule is CC[C@]1(c2ccc(NC(=O)C(=O)NCCc3ccc(O)cc3)cc2)CCC(=O)NC1=O. The first-order chi connectivity index (χ1) is 14.8. The first-order valence-corrected chi connectivity index (χ1v) is 10.2. The summed E-state index contributed by atoms with van der Waals surface area (Å²) in [6, 6.07) is 13.4. The smallest absolute Gasteiger partial charge is 0.313 e. The number of carbonyl (C=O) groups excluding carboxylic acids is 4. The van der Waals surface area contributed by atoms with Crippen molar-refractivity contribution in [2.24, 2.45) is 0 Å². The average Bonchev–Trinajstić information content (AvgIpc) is 2.76. The monoisotopic (exact) mass is 423 g/mol. The molecule has 1 saturated heterocycles. The van der Waals surface area contributed by atoms with E-state index in [1.807, 2.05) is 6.92 Å². The van der Waals surface area contributed by atoms with Gasteiger partial charge in [-0.2, -0.15) is 0 Å². The number of imide groups is 1. The van der Waals surface area contributed by atoms with Gasteiger partial charge in [0.25, 0.3) is 0 Å². The van der Waals surface area contributed by atoms with Gasteiger partial charge < -0.3 is 15.7 Å². The maximum absolute atomic E-state index is 12.5. The van der Waals surface area contributed by atoms with Crippen LogP contribution in [0.5, 0.6) is 5.75 Å². The molecule has 0 saturated carbocycles. The van der Waals surface area contributed by atoms with Crippen LogP contribution in [0.2, 0.25) is 0 Å². The Bertz CT molecular complexity index is 985. The normalized spacial score (nSPS) is 18.2. The second-order valence-corrected chi connectivity index (χ2v) is 7.52. The maximum Gasteiger partial charge on any atom is 0.313 e. The van der Waals surface area contributed by atoms with E-state index in [-0.39, 0.29) is 30.5 Å². The van der Waals surface area contributed by atoms with Crippen molar-refractivity contribution in [2.45, 2.75) is 38.0 Å². The van der Waals surface area contributed by atoms with Crippen molar-refractivity contribution in [3.8, 4) is 5.75 Å². The number of amides is 4. The Hall–Kier alpha value is -3.68. The topological polar surface area (TPSA) is 125 Å². The van der Waals surface area contributed by atoms with Gasteiger partial charge in [-0.05, 0) is 54.7 Å². The minimum Gasteiger partial charge on any atom is -0.508 e. The van der Waals surface area contributed by atoms with E-state index >= 15 is 0 Å². The lowest BCUT2D eigenvalue weighted by atomic mass is 9.72. The Morgan fingerprint density at radius 3 is 2.32 bits per heavy atom. The van der Waals surface area contributed by atoms with Crippen molar-refractivity contribution in [3.05, 3.63) is 59.7 Å². The van der Waals surface area contributed by atoms with Crippen LogP contribution < -0.4 is 16.0 Å². The second-order valence-electron chi connectivity index (χ2n) is 7.52. The van der Waals surface area contributed by atoms with Crippen molar-refractivity contribution in [2.75, 3.05) is 11.9 Å². The van der Waals surface area contributed by atoms with Gasteiger partial charge in [0.1, 0.15) is 5.75 Å². The third-order valence-corrected chi connectivity index (χ3v) is 5.61. The fourth-order valence-corrected chi connectivity index (χ4v) is 3.69. The van der Waals surface area contributed by atoms with Crippen molar-refractivity contribution < 1.29 is 24.3 Å². The maximum atomic E-state index is 12.5. The van der Waals surface area contributed by atoms with Crippen LogP contribution >= 0.6 is 0 Å². The van der Waals surface area contributed by atoms with Crippen LogP contribution in [-0.2, 0) is 31.0 Å². The van der Waals surface area contributed by atoms with Crippen molar-refractivity contribution in [1.29, 1.82) is 0 Å². The van der Waals surface area contributed by atoms with Gasteiger partial charge in [-0.1, -0.05) is 31.2 Å². The molecule has 4 N–H and O–H groups in total. The van der Waals surface area contributed by atoms with E-state index in [2.05, 4.69) is 16.0 Å². The first kappa shape index (κ1) is 22.0. The van der Waals surface area contributed by atoms with E-state index in [0.717, 1.165) is 11.1 Å². The Morgan fingerprint density at radius 1 is 1.03 bits per heavy atom. The first-order valence-electron chi connectivity index (χ1n) is 10.2. The molecule has 8 nitrogen and oxygen atoms in total. The fourth-order valence-electron chi connectivity index (χ4n) is 3.69. The van der Waals surface area contributed by atoms with Crippen LogP contribution in [0.1, 0.15) is 37.3 Å². The average molecular weight is 423 g/mol. The number of aromatic hydroxyl groups is 1. The molecule has 0 spiro atoms. The third kappa shape index (κ3) is 5.09. The molecule has 1 aliphatic heterocycles. The summed E-state index contributed by atoms with van der Waals surface area (Å²) in [6.07, 6.45) is 1.78. The highest BCUT2D eigenvalue weighted by Crippen LogP contribution is 2.36. The predicted octanol–water partition coefficient (Wildman–Crippen LogP) is 1.77. The summed E-state index contributed by atoms with van der Waals surface area (Å²) in [5.74, 6) is -1.95. The molecule has 0 radical (unpaired) electrons. The molecule has 1 fully saturated rings. The molecule has 8 heteroatoms. The largest absolute Gasteiger partial charge is 0.508 e. The lowest BCUT2D eigenvalue weighted by molar-refractivity contribution is -0.138. The number of phenolic OH excluding ortho intramolecular Hbond substituents is 1. The minimum absolute atomic E-state index is 0.167. The van der Waals surface area contributed by atoms with Crippen molar-refractivity contribution in [3.63, 3.8) is 0 Å². The van der Waals surface area contributed by atoms with Crippen LogP contribution in [0.4, 0.5) is 5.69 Å². The quantitative estimate of drug-likeness (QED) is 0.416. The highest BCUT2D eigenvalue weighted by atomic mass is 16.3. The van der Waals surface area contributed by atoms with Gasteiger partial charge in [-0.15, -0.1) is 0 Å². The zero-order chi connectivity index (χ0) is 22.4. The van der Waals surface area contributed by atoms with E-state index < -0.39 is 17.2 Å². The second kappa shape index (κ2) is 9.42. The van der Waals surface area contributed by atoms with E-state index in [0.29, 0.717) is 24.9 Å². The van der Waals surface area contributed by atoms with Gasteiger partial charge in [0.15, 0.2) is 0 Å². The number of hydrogen-bond donors (Lipinski definition) is 4.